The zero-order chi connectivity index (χ0) is 17.9. The Bertz CT molecular complexity index is 892. The molecule has 1 N–H and O–H groups in total. The van der Waals surface area contributed by atoms with Crippen LogP contribution in [0.15, 0.2) is 54.9 Å². The predicted molar refractivity (Wildman–Crippen MR) is 101 cm³/mol. The van der Waals surface area contributed by atoms with Crippen LogP contribution in [0.5, 0.6) is 0 Å². The molecule has 1 atom stereocenters. The molecule has 0 spiro atoms. The molecule has 1 aliphatic rings. The van der Waals surface area contributed by atoms with E-state index in [0.29, 0.717) is 23.0 Å². The van der Waals surface area contributed by atoms with Crippen molar-refractivity contribution in [2.45, 2.75) is 18.8 Å². The molecule has 2 aromatic heterocycles. The number of likely N-dealkylation sites (tertiary alicyclic amines) is 1. The number of carbonyl (C=O) groups excluding carboxylic acids is 1. The van der Waals surface area contributed by atoms with E-state index in [1.807, 2.05) is 41.3 Å². The number of aromatic amines is 1. The number of aromatic nitrogens is 3. The highest BCUT2D eigenvalue weighted by atomic mass is 35.5. The first-order chi connectivity index (χ1) is 12.7. The Labute approximate surface area is 157 Å². The fraction of sp³-hybridized carbons (Fsp3) is 0.250. The van der Waals surface area contributed by atoms with Crippen molar-refractivity contribution in [1.29, 1.82) is 0 Å². The molecule has 0 radical (unpaired) electrons. The summed E-state index contributed by atoms with van der Waals surface area (Å²) in [6.07, 6.45) is 5.44. The highest BCUT2D eigenvalue weighted by molar-refractivity contribution is 6.30. The van der Waals surface area contributed by atoms with Crippen molar-refractivity contribution in [1.82, 2.24) is 20.1 Å². The van der Waals surface area contributed by atoms with Gasteiger partial charge in [-0.05, 0) is 43.2 Å². The second-order valence-corrected chi connectivity index (χ2v) is 6.98. The van der Waals surface area contributed by atoms with Crippen LogP contribution in [0, 0.1) is 0 Å². The Balaban J connectivity index is 1.54. The lowest BCUT2D eigenvalue weighted by atomic mass is 9.94. The Morgan fingerprint density at radius 1 is 1.23 bits per heavy atom. The number of nitrogens with zero attached hydrogens (tertiary/aromatic N) is 3. The minimum Gasteiger partial charge on any atom is -0.338 e. The minimum atomic E-state index is 0.0602. The number of piperidine rings is 1. The molecule has 1 aliphatic heterocycles. The maximum absolute atomic E-state index is 13.0. The van der Waals surface area contributed by atoms with Crippen LogP contribution >= 0.6 is 11.6 Å². The summed E-state index contributed by atoms with van der Waals surface area (Å²) < 4.78 is 0. The summed E-state index contributed by atoms with van der Waals surface area (Å²) in [6.45, 7) is 1.50. The number of carbonyl (C=O) groups is 1. The third-order valence-electron chi connectivity index (χ3n) is 4.80. The number of hydrogen-bond donors (Lipinski definition) is 1. The summed E-state index contributed by atoms with van der Waals surface area (Å²) in [5.74, 6) is 0.376. The molecule has 132 valence electrons. The normalized spacial score (nSPS) is 17.3. The zero-order valence-corrected chi connectivity index (χ0v) is 15.0. The average molecular weight is 367 g/mol. The molecular weight excluding hydrogens is 348 g/mol. The van der Waals surface area contributed by atoms with Crippen LogP contribution in [0.1, 0.15) is 34.8 Å². The predicted octanol–water partition coefficient (Wildman–Crippen LogP) is 4.14. The van der Waals surface area contributed by atoms with E-state index < -0.39 is 0 Å². The van der Waals surface area contributed by atoms with Crippen molar-refractivity contribution in [3.05, 3.63) is 71.1 Å². The van der Waals surface area contributed by atoms with Gasteiger partial charge in [-0.25, -0.2) is 0 Å². The van der Waals surface area contributed by atoms with Gasteiger partial charge in [-0.1, -0.05) is 23.7 Å². The second kappa shape index (κ2) is 7.30. The van der Waals surface area contributed by atoms with Crippen LogP contribution in [-0.4, -0.2) is 39.1 Å². The van der Waals surface area contributed by atoms with Gasteiger partial charge in [-0.2, -0.15) is 5.10 Å². The molecule has 26 heavy (non-hydrogen) atoms. The van der Waals surface area contributed by atoms with E-state index in [4.69, 9.17) is 11.6 Å². The van der Waals surface area contributed by atoms with Gasteiger partial charge in [0.1, 0.15) is 0 Å². The van der Waals surface area contributed by atoms with Crippen molar-refractivity contribution in [2.24, 2.45) is 0 Å². The molecule has 6 heteroatoms. The van der Waals surface area contributed by atoms with Crippen LogP contribution in [0.2, 0.25) is 5.02 Å². The largest absolute Gasteiger partial charge is 0.338 e. The summed E-state index contributed by atoms with van der Waals surface area (Å²) in [4.78, 5) is 19.3. The standard InChI is InChI=1S/C20H19ClN4O/c21-17-6-7-18(22-12-17)14-3-1-4-15(11-14)20(26)25-10-2-5-16(13-25)19-8-9-23-24-19/h1,3-4,6-9,11-12,16H,2,5,10,13H2,(H,23,24)/t16-/m0/s1. The third kappa shape index (κ3) is 3.48. The van der Waals surface area contributed by atoms with Crippen LogP contribution < -0.4 is 0 Å². The molecule has 0 unspecified atom stereocenters. The van der Waals surface area contributed by atoms with E-state index in [-0.39, 0.29) is 5.91 Å². The quantitative estimate of drug-likeness (QED) is 0.757. The van der Waals surface area contributed by atoms with Crippen molar-refractivity contribution < 1.29 is 4.79 Å². The molecule has 5 nitrogen and oxygen atoms in total. The molecular formula is C20H19ClN4O. The number of hydrogen-bond acceptors (Lipinski definition) is 3. The minimum absolute atomic E-state index is 0.0602. The highest BCUT2D eigenvalue weighted by Crippen LogP contribution is 2.27. The van der Waals surface area contributed by atoms with Gasteiger partial charge in [0.25, 0.3) is 5.91 Å². The van der Waals surface area contributed by atoms with E-state index in [9.17, 15) is 4.79 Å². The van der Waals surface area contributed by atoms with Crippen LogP contribution in [-0.2, 0) is 0 Å². The van der Waals surface area contributed by atoms with Crippen molar-refractivity contribution in [3.63, 3.8) is 0 Å². The number of amides is 1. The Morgan fingerprint density at radius 2 is 2.15 bits per heavy atom. The van der Waals surface area contributed by atoms with E-state index in [0.717, 1.165) is 36.3 Å². The van der Waals surface area contributed by atoms with Gasteiger partial charge in [0.15, 0.2) is 0 Å². The van der Waals surface area contributed by atoms with Crippen LogP contribution in [0.4, 0.5) is 0 Å². The van der Waals surface area contributed by atoms with Gasteiger partial charge in [0, 0.05) is 48.2 Å². The molecule has 0 bridgehead atoms. The van der Waals surface area contributed by atoms with Crippen LogP contribution in [0.3, 0.4) is 0 Å². The third-order valence-corrected chi connectivity index (χ3v) is 5.03. The van der Waals surface area contributed by atoms with E-state index in [1.165, 1.54) is 0 Å². The Morgan fingerprint density at radius 3 is 2.92 bits per heavy atom. The van der Waals surface area contributed by atoms with E-state index >= 15 is 0 Å². The van der Waals surface area contributed by atoms with E-state index in [1.54, 1.807) is 18.5 Å². The number of halogens is 1. The first-order valence-electron chi connectivity index (χ1n) is 8.71. The molecule has 1 saturated heterocycles. The lowest BCUT2D eigenvalue weighted by Crippen LogP contribution is -2.39. The van der Waals surface area contributed by atoms with Gasteiger partial charge in [0.2, 0.25) is 0 Å². The zero-order valence-electron chi connectivity index (χ0n) is 14.2. The molecule has 1 amide bonds. The van der Waals surface area contributed by atoms with Gasteiger partial charge < -0.3 is 4.90 Å². The lowest BCUT2D eigenvalue weighted by Gasteiger charge is -2.32. The second-order valence-electron chi connectivity index (χ2n) is 6.54. The SMILES string of the molecule is O=C(c1cccc(-c2ccc(Cl)cn2)c1)N1CCC[C@H](c2ccn[nH]2)C1. The number of pyridine rings is 1. The Kier molecular flexibility index (Phi) is 4.71. The topological polar surface area (TPSA) is 61.9 Å². The fourth-order valence-electron chi connectivity index (χ4n) is 3.45. The fourth-order valence-corrected chi connectivity index (χ4v) is 3.56. The molecule has 4 rings (SSSR count). The molecule has 0 saturated carbocycles. The molecule has 1 fully saturated rings. The Hall–Kier alpha value is -2.66. The first kappa shape index (κ1) is 16.8. The smallest absolute Gasteiger partial charge is 0.253 e. The summed E-state index contributed by atoms with van der Waals surface area (Å²) in [6, 6.07) is 13.3. The average Bonchev–Trinajstić information content (AvgIpc) is 3.23. The first-order valence-corrected chi connectivity index (χ1v) is 9.09. The monoisotopic (exact) mass is 366 g/mol. The molecule has 1 aromatic carbocycles. The maximum Gasteiger partial charge on any atom is 0.253 e. The van der Waals surface area contributed by atoms with Gasteiger partial charge in [0.05, 0.1) is 10.7 Å². The summed E-state index contributed by atoms with van der Waals surface area (Å²) >= 11 is 5.91. The summed E-state index contributed by atoms with van der Waals surface area (Å²) in [5.41, 5.74) is 3.50. The molecule has 3 heterocycles. The molecule has 3 aromatic rings. The number of nitrogens with one attached hydrogen (secondary N) is 1. The highest BCUT2D eigenvalue weighted by Gasteiger charge is 2.26. The summed E-state index contributed by atoms with van der Waals surface area (Å²) in [5, 5.41) is 7.66. The van der Waals surface area contributed by atoms with Crippen molar-refractivity contribution >= 4 is 17.5 Å². The molecule has 0 aliphatic carbocycles. The van der Waals surface area contributed by atoms with E-state index in [2.05, 4.69) is 15.2 Å². The number of rotatable bonds is 3. The maximum atomic E-state index is 13.0. The number of benzene rings is 1. The number of H-pyrrole nitrogens is 1. The lowest BCUT2D eigenvalue weighted by molar-refractivity contribution is 0.0706. The van der Waals surface area contributed by atoms with Crippen LogP contribution in [0.25, 0.3) is 11.3 Å². The van der Waals surface area contributed by atoms with Gasteiger partial charge in [-0.15, -0.1) is 0 Å². The van der Waals surface area contributed by atoms with Gasteiger partial charge in [-0.3, -0.25) is 14.9 Å². The summed E-state index contributed by atoms with van der Waals surface area (Å²) in [7, 11) is 0. The van der Waals surface area contributed by atoms with Gasteiger partial charge >= 0.3 is 0 Å². The van der Waals surface area contributed by atoms with Crippen molar-refractivity contribution in [3.8, 4) is 11.3 Å². The van der Waals surface area contributed by atoms with Crippen molar-refractivity contribution in [2.75, 3.05) is 13.1 Å².